The fraction of sp³-hybridized carbons (Fsp3) is 0.750. The van der Waals surface area contributed by atoms with Crippen LogP contribution in [-0.4, -0.2) is 38.6 Å². The monoisotopic (exact) mass is 189 g/mol. The molecule has 0 unspecified atom stereocenters. The number of Topliss-reactive ketones (excluding diaryl/α,β-unsaturated/α-hetero) is 1. The normalized spacial score (nSPS) is 9.69. The lowest BCUT2D eigenvalue weighted by Gasteiger charge is -2.02. The maximum atomic E-state index is 10.9. The highest BCUT2D eigenvalue weighted by molar-refractivity contribution is 5.84. The molecule has 0 spiro atoms. The largest absolute Gasteiger partial charge is 0.463 e. The van der Waals surface area contributed by atoms with E-state index >= 15 is 0 Å². The van der Waals surface area contributed by atoms with E-state index in [0.717, 1.165) is 0 Å². The van der Waals surface area contributed by atoms with Gasteiger partial charge in [0.15, 0.2) is 0 Å². The van der Waals surface area contributed by atoms with Crippen molar-refractivity contribution < 1.29 is 19.1 Å². The van der Waals surface area contributed by atoms with Crippen LogP contribution in [-0.2, 0) is 19.1 Å². The Morgan fingerprint density at radius 3 is 2.46 bits per heavy atom. The lowest BCUT2D eigenvalue weighted by molar-refractivity contribution is -0.145. The third-order valence-corrected chi connectivity index (χ3v) is 1.39. The van der Waals surface area contributed by atoms with Gasteiger partial charge in [-0.2, -0.15) is 0 Å². The van der Waals surface area contributed by atoms with Gasteiger partial charge in [0.25, 0.3) is 0 Å². The second-order valence-electron chi connectivity index (χ2n) is 2.46. The van der Waals surface area contributed by atoms with E-state index in [4.69, 9.17) is 10.5 Å². The summed E-state index contributed by atoms with van der Waals surface area (Å²) in [6.45, 7) is 0.577. The summed E-state index contributed by atoms with van der Waals surface area (Å²) in [5.41, 5.74) is 5.06. The standard InChI is InChI=1S/C8H15NO4/c1-12-4-5-13-8(11)3-2-7(10)6-9/h2-6,9H2,1H3. The summed E-state index contributed by atoms with van der Waals surface area (Å²) in [6.07, 6.45) is 0.252. The Morgan fingerprint density at radius 1 is 1.23 bits per heavy atom. The molecule has 0 radical (unpaired) electrons. The molecule has 0 heterocycles. The predicted octanol–water partition coefficient (Wildman–Crippen LogP) is -0.516. The van der Waals surface area contributed by atoms with Crippen molar-refractivity contribution in [3.63, 3.8) is 0 Å². The molecule has 0 aliphatic carbocycles. The van der Waals surface area contributed by atoms with Crippen LogP contribution < -0.4 is 5.73 Å². The number of nitrogens with two attached hydrogens (primary N) is 1. The number of methoxy groups -OCH3 is 1. The molecule has 76 valence electrons. The zero-order chi connectivity index (χ0) is 10.1. The third kappa shape index (κ3) is 7.42. The first-order chi connectivity index (χ1) is 6.20. The summed E-state index contributed by atoms with van der Waals surface area (Å²) in [7, 11) is 1.52. The molecule has 0 amide bonds. The minimum absolute atomic E-state index is 0.0225. The summed E-state index contributed by atoms with van der Waals surface area (Å²) in [6, 6.07) is 0. The molecule has 0 saturated carbocycles. The second kappa shape index (κ2) is 7.70. The van der Waals surface area contributed by atoms with Crippen LogP contribution in [0.2, 0.25) is 0 Å². The van der Waals surface area contributed by atoms with Gasteiger partial charge in [-0.3, -0.25) is 9.59 Å². The molecule has 0 atom stereocenters. The van der Waals surface area contributed by atoms with Gasteiger partial charge in [-0.05, 0) is 0 Å². The maximum absolute atomic E-state index is 10.9. The van der Waals surface area contributed by atoms with E-state index in [-0.39, 0.29) is 37.7 Å². The van der Waals surface area contributed by atoms with Gasteiger partial charge in [-0.1, -0.05) is 0 Å². The minimum atomic E-state index is -0.390. The van der Waals surface area contributed by atoms with Gasteiger partial charge in [-0.25, -0.2) is 0 Å². The summed E-state index contributed by atoms with van der Waals surface area (Å²) >= 11 is 0. The Kier molecular flexibility index (Phi) is 7.14. The van der Waals surface area contributed by atoms with Crippen molar-refractivity contribution >= 4 is 11.8 Å². The molecule has 5 nitrogen and oxygen atoms in total. The molecule has 0 aromatic carbocycles. The third-order valence-electron chi connectivity index (χ3n) is 1.39. The average molecular weight is 189 g/mol. The van der Waals surface area contributed by atoms with Gasteiger partial charge in [0.1, 0.15) is 12.4 Å². The Labute approximate surface area is 77.2 Å². The highest BCUT2D eigenvalue weighted by atomic mass is 16.6. The molecule has 0 aliphatic heterocycles. The molecular weight excluding hydrogens is 174 g/mol. The lowest BCUT2D eigenvalue weighted by atomic mass is 10.2. The fourth-order valence-corrected chi connectivity index (χ4v) is 0.655. The summed E-state index contributed by atoms with van der Waals surface area (Å²) < 4.78 is 9.40. The number of hydrogen-bond acceptors (Lipinski definition) is 5. The molecule has 0 rings (SSSR count). The number of ketones is 1. The molecule has 0 saturated heterocycles. The molecule has 0 aliphatic rings. The van der Waals surface area contributed by atoms with Crippen molar-refractivity contribution in [1.82, 2.24) is 0 Å². The van der Waals surface area contributed by atoms with Crippen molar-refractivity contribution in [2.75, 3.05) is 26.9 Å². The van der Waals surface area contributed by atoms with E-state index in [0.29, 0.717) is 6.61 Å². The van der Waals surface area contributed by atoms with Crippen LogP contribution in [0.25, 0.3) is 0 Å². The van der Waals surface area contributed by atoms with Crippen LogP contribution in [0.5, 0.6) is 0 Å². The predicted molar refractivity (Wildman–Crippen MR) is 46.1 cm³/mol. The second-order valence-corrected chi connectivity index (χ2v) is 2.46. The number of rotatable bonds is 7. The quantitative estimate of drug-likeness (QED) is 0.431. The number of ether oxygens (including phenoxy) is 2. The van der Waals surface area contributed by atoms with Gasteiger partial charge in [0.05, 0.1) is 19.6 Å². The molecular formula is C8H15NO4. The van der Waals surface area contributed by atoms with E-state index in [1.54, 1.807) is 0 Å². The number of esters is 1. The molecule has 5 heteroatoms. The van der Waals surface area contributed by atoms with E-state index in [1.807, 2.05) is 0 Å². The topological polar surface area (TPSA) is 78.6 Å². The van der Waals surface area contributed by atoms with Crippen LogP contribution in [0.4, 0.5) is 0 Å². The van der Waals surface area contributed by atoms with Gasteiger partial charge in [0, 0.05) is 13.5 Å². The minimum Gasteiger partial charge on any atom is -0.463 e. The molecule has 0 fully saturated rings. The van der Waals surface area contributed by atoms with Crippen LogP contribution in [0.3, 0.4) is 0 Å². The molecule has 0 aromatic heterocycles. The SMILES string of the molecule is COCCOC(=O)CCC(=O)CN. The zero-order valence-electron chi connectivity index (χ0n) is 7.75. The number of hydrogen-bond donors (Lipinski definition) is 1. The van der Waals surface area contributed by atoms with Gasteiger partial charge in [0.2, 0.25) is 0 Å². The molecule has 13 heavy (non-hydrogen) atoms. The van der Waals surface area contributed by atoms with Gasteiger partial charge >= 0.3 is 5.97 Å². The van der Waals surface area contributed by atoms with Crippen LogP contribution >= 0.6 is 0 Å². The number of carbonyl (C=O) groups is 2. The first kappa shape index (κ1) is 12.1. The lowest BCUT2D eigenvalue weighted by Crippen LogP contribution is -2.16. The van der Waals surface area contributed by atoms with Crippen molar-refractivity contribution in [3.8, 4) is 0 Å². The van der Waals surface area contributed by atoms with E-state index in [9.17, 15) is 9.59 Å². The highest BCUT2D eigenvalue weighted by Crippen LogP contribution is 1.93. The summed E-state index contributed by atoms with van der Waals surface area (Å²) in [5, 5.41) is 0. The van der Waals surface area contributed by atoms with Crippen molar-refractivity contribution in [2.45, 2.75) is 12.8 Å². The number of carbonyl (C=O) groups excluding carboxylic acids is 2. The molecule has 0 bridgehead atoms. The van der Waals surface area contributed by atoms with Crippen LogP contribution in [0.15, 0.2) is 0 Å². The summed E-state index contributed by atoms with van der Waals surface area (Å²) in [4.78, 5) is 21.6. The molecule has 2 N–H and O–H groups in total. The highest BCUT2D eigenvalue weighted by Gasteiger charge is 2.05. The fourth-order valence-electron chi connectivity index (χ4n) is 0.655. The smallest absolute Gasteiger partial charge is 0.306 e. The zero-order valence-corrected chi connectivity index (χ0v) is 7.75. The average Bonchev–Trinajstić information content (AvgIpc) is 2.14. The Bertz CT molecular complexity index is 170. The van der Waals surface area contributed by atoms with Crippen LogP contribution in [0.1, 0.15) is 12.8 Å². The van der Waals surface area contributed by atoms with E-state index in [1.165, 1.54) is 7.11 Å². The Balaban J connectivity index is 3.35. The maximum Gasteiger partial charge on any atom is 0.306 e. The van der Waals surface area contributed by atoms with E-state index < -0.39 is 0 Å². The van der Waals surface area contributed by atoms with Crippen LogP contribution in [0, 0.1) is 0 Å². The van der Waals surface area contributed by atoms with Gasteiger partial charge in [-0.15, -0.1) is 0 Å². The Morgan fingerprint density at radius 2 is 1.92 bits per heavy atom. The first-order valence-electron chi connectivity index (χ1n) is 4.07. The van der Waals surface area contributed by atoms with Crippen molar-refractivity contribution in [3.05, 3.63) is 0 Å². The molecule has 0 aromatic rings. The van der Waals surface area contributed by atoms with Crippen molar-refractivity contribution in [1.29, 1.82) is 0 Å². The van der Waals surface area contributed by atoms with E-state index in [2.05, 4.69) is 4.74 Å². The summed E-state index contributed by atoms with van der Waals surface area (Å²) in [5.74, 6) is -0.525. The van der Waals surface area contributed by atoms with Gasteiger partial charge < -0.3 is 15.2 Å². The first-order valence-corrected chi connectivity index (χ1v) is 4.07. The van der Waals surface area contributed by atoms with Crippen molar-refractivity contribution in [2.24, 2.45) is 5.73 Å². The Hall–Kier alpha value is -0.940.